The van der Waals surface area contributed by atoms with Gasteiger partial charge in [-0.3, -0.25) is 19.8 Å². The number of aromatic nitrogens is 2. The minimum absolute atomic E-state index is 0.388. The Morgan fingerprint density at radius 1 is 1.36 bits per heavy atom. The van der Waals surface area contributed by atoms with Gasteiger partial charge in [0.25, 0.3) is 5.56 Å². The van der Waals surface area contributed by atoms with Gasteiger partial charge in [-0.1, -0.05) is 0 Å². The molecule has 1 aliphatic heterocycles. The second kappa shape index (κ2) is 3.49. The number of amidine groups is 1. The topological polar surface area (TPSA) is 90.1 Å². The van der Waals surface area contributed by atoms with Crippen molar-refractivity contribution in [3.05, 3.63) is 26.9 Å². The first-order valence-corrected chi connectivity index (χ1v) is 4.38. The number of rotatable bonds is 1. The summed E-state index contributed by atoms with van der Waals surface area (Å²) in [5, 5.41) is 2.90. The fourth-order valence-electron chi connectivity index (χ4n) is 1.33. The van der Waals surface area contributed by atoms with Crippen LogP contribution >= 0.6 is 0 Å². The molecule has 1 aromatic heterocycles. The van der Waals surface area contributed by atoms with Crippen LogP contribution in [0.3, 0.4) is 0 Å². The van der Waals surface area contributed by atoms with Crippen molar-refractivity contribution in [2.45, 2.75) is 12.8 Å². The Labute approximate surface area is 79.1 Å². The Hall–Kier alpha value is -1.85. The second-order valence-corrected chi connectivity index (χ2v) is 3.06. The Morgan fingerprint density at radius 2 is 2.21 bits per heavy atom. The molecular formula is C8H10N4O2. The molecule has 0 radical (unpaired) electrons. The molecule has 0 aliphatic carbocycles. The molecule has 0 saturated carbocycles. The molecule has 2 rings (SSSR count). The van der Waals surface area contributed by atoms with Crippen LogP contribution in [-0.4, -0.2) is 22.3 Å². The van der Waals surface area contributed by atoms with E-state index in [2.05, 4.69) is 20.3 Å². The highest BCUT2D eigenvalue weighted by Gasteiger charge is 2.06. The summed E-state index contributed by atoms with van der Waals surface area (Å²) in [6.07, 6.45) is 1.87. The molecule has 3 N–H and O–H groups in total. The van der Waals surface area contributed by atoms with Gasteiger partial charge in [0.2, 0.25) is 0 Å². The van der Waals surface area contributed by atoms with Crippen molar-refractivity contribution in [1.82, 2.24) is 9.97 Å². The predicted molar refractivity (Wildman–Crippen MR) is 52.8 cm³/mol. The number of nitrogens with zero attached hydrogens (tertiary/aromatic N) is 1. The van der Waals surface area contributed by atoms with Crippen LogP contribution in [0, 0.1) is 0 Å². The van der Waals surface area contributed by atoms with Gasteiger partial charge in [-0.15, -0.1) is 0 Å². The molecule has 0 bridgehead atoms. The molecule has 0 unspecified atom stereocenters. The maximum absolute atomic E-state index is 10.9. The van der Waals surface area contributed by atoms with Crippen LogP contribution in [0.4, 0.5) is 5.82 Å². The van der Waals surface area contributed by atoms with E-state index in [1.54, 1.807) is 0 Å². The summed E-state index contributed by atoms with van der Waals surface area (Å²) in [4.78, 5) is 30.5. The van der Waals surface area contributed by atoms with E-state index in [0.29, 0.717) is 5.82 Å². The van der Waals surface area contributed by atoms with Gasteiger partial charge in [-0.25, -0.2) is 4.79 Å². The zero-order valence-electron chi connectivity index (χ0n) is 7.46. The SMILES string of the molecule is O=c1cc(NC2=NCCC2)[nH]c(=O)[nH]1. The molecule has 6 heteroatoms. The summed E-state index contributed by atoms with van der Waals surface area (Å²) in [7, 11) is 0. The van der Waals surface area contributed by atoms with Crippen LogP contribution in [0.5, 0.6) is 0 Å². The van der Waals surface area contributed by atoms with Gasteiger partial charge >= 0.3 is 5.69 Å². The maximum Gasteiger partial charge on any atom is 0.327 e. The lowest BCUT2D eigenvalue weighted by Crippen LogP contribution is -2.24. The number of hydrogen-bond donors (Lipinski definition) is 3. The monoisotopic (exact) mass is 194 g/mol. The smallest absolute Gasteiger partial charge is 0.327 e. The molecule has 1 aromatic rings. The minimum Gasteiger partial charge on any atom is -0.330 e. The molecule has 0 atom stereocenters. The van der Waals surface area contributed by atoms with Crippen LogP contribution in [0.2, 0.25) is 0 Å². The average molecular weight is 194 g/mol. The molecular weight excluding hydrogens is 184 g/mol. The number of anilines is 1. The van der Waals surface area contributed by atoms with Crippen LogP contribution in [0.1, 0.15) is 12.8 Å². The Morgan fingerprint density at radius 3 is 2.86 bits per heavy atom. The molecule has 0 fully saturated rings. The molecule has 1 aliphatic rings. The van der Waals surface area contributed by atoms with E-state index >= 15 is 0 Å². The van der Waals surface area contributed by atoms with Gasteiger partial charge in [0, 0.05) is 19.0 Å². The highest BCUT2D eigenvalue weighted by atomic mass is 16.2. The van der Waals surface area contributed by atoms with Crippen molar-refractivity contribution in [3.8, 4) is 0 Å². The summed E-state index contributed by atoms with van der Waals surface area (Å²) in [5.74, 6) is 1.20. The Kier molecular flexibility index (Phi) is 2.18. The summed E-state index contributed by atoms with van der Waals surface area (Å²) in [5.41, 5.74) is -0.937. The van der Waals surface area contributed by atoms with Crippen molar-refractivity contribution in [2.24, 2.45) is 4.99 Å². The zero-order valence-corrected chi connectivity index (χ0v) is 7.46. The first-order valence-electron chi connectivity index (χ1n) is 4.38. The molecule has 2 heterocycles. The molecule has 0 saturated heterocycles. The van der Waals surface area contributed by atoms with Gasteiger partial charge in [0.1, 0.15) is 11.7 Å². The van der Waals surface area contributed by atoms with Gasteiger partial charge in [0.05, 0.1) is 0 Å². The molecule has 0 amide bonds. The first-order chi connectivity index (χ1) is 6.74. The summed E-state index contributed by atoms with van der Waals surface area (Å²) in [6, 6.07) is 1.29. The lowest BCUT2D eigenvalue weighted by atomic mass is 10.3. The van der Waals surface area contributed by atoms with Crippen molar-refractivity contribution in [3.63, 3.8) is 0 Å². The van der Waals surface area contributed by atoms with E-state index in [4.69, 9.17) is 0 Å². The molecule has 74 valence electrons. The third kappa shape index (κ3) is 1.90. The van der Waals surface area contributed by atoms with E-state index in [0.717, 1.165) is 25.2 Å². The summed E-state index contributed by atoms with van der Waals surface area (Å²) < 4.78 is 0. The van der Waals surface area contributed by atoms with E-state index < -0.39 is 11.2 Å². The van der Waals surface area contributed by atoms with Crippen molar-refractivity contribution < 1.29 is 0 Å². The number of hydrogen-bond acceptors (Lipinski definition) is 4. The van der Waals surface area contributed by atoms with Crippen molar-refractivity contribution >= 4 is 11.7 Å². The quantitative estimate of drug-likeness (QED) is 0.571. The predicted octanol–water partition coefficient (Wildman–Crippen LogP) is -0.333. The molecule has 0 spiro atoms. The van der Waals surface area contributed by atoms with E-state index in [1.807, 2.05) is 0 Å². The van der Waals surface area contributed by atoms with Gasteiger partial charge in [0.15, 0.2) is 0 Å². The van der Waals surface area contributed by atoms with Crippen LogP contribution in [-0.2, 0) is 0 Å². The van der Waals surface area contributed by atoms with Crippen LogP contribution in [0.25, 0.3) is 0 Å². The number of H-pyrrole nitrogens is 2. The van der Waals surface area contributed by atoms with Crippen LogP contribution in [0.15, 0.2) is 20.6 Å². The Bertz CT molecular complexity index is 442. The maximum atomic E-state index is 10.9. The fourth-order valence-corrected chi connectivity index (χ4v) is 1.33. The standard InChI is InChI=1S/C8H10N4O2/c13-7-4-6(11-8(14)12-7)10-5-2-1-3-9-5/h4H,1-3H2,(H3,9,10,11,12,13,14). The third-order valence-electron chi connectivity index (χ3n) is 1.91. The highest BCUT2D eigenvalue weighted by molar-refractivity contribution is 5.95. The fraction of sp³-hybridized carbons (Fsp3) is 0.375. The van der Waals surface area contributed by atoms with E-state index in [-0.39, 0.29) is 0 Å². The summed E-state index contributed by atoms with van der Waals surface area (Å²) >= 11 is 0. The molecule has 6 nitrogen and oxygen atoms in total. The second-order valence-electron chi connectivity index (χ2n) is 3.06. The van der Waals surface area contributed by atoms with E-state index in [9.17, 15) is 9.59 Å². The lowest BCUT2D eigenvalue weighted by molar-refractivity contribution is 0.950. The van der Waals surface area contributed by atoms with Gasteiger partial charge in [-0.05, 0) is 6.42 Å². The van der Waals surface area contributed by atoms with Crippen LogP contribution < -0.4 is 16.6 Å². The number of nitrogens with one attached hydrogen (secondary N) is 3. The van der Waals surface area contributed by atoms with E-state index in [1.165, 1.54) is 6.07 Å². The van der Waals surface area contributed by atoms with Gasteiger partial charge < -0.3 is 5.32 Å². The van der Waals surface area contributed by atoms with Gasteiger partial charge in [-0.2, -0.15) is 0 Å². The average Bonchev–Trinajstić information content (AvgIpc) is 2.54. The normalized spacial score (nSPS) is 15.3. The lowest BCUT2D eigenvalue weighted by Gasteiger charge is -2.03. The summed E-state index contributed by atoms with van der Waals surface area (Å²) in [6.45, 7) is 0.801. The largest absolute Gasteiger partial charge is 0.330 e. The first kappa shape index (κ1) is 8.74. The van der Waals surface area contributed by atoms with Crippen molar-refractivity contribution in [2.75, 3.05) is 11.9 Å². The molecule has 14 heavy (non-hydrogen) atoms. The minimum atomic E-state index is -0.515. The number of aromatic amines is 2. The number of aliphatic imine (C=N–C) groups is 1. The zero-order chi connectivity index (χ0) is 9.97. The Balaban J connectivity index is 2.24. The highest BCUT2D eigenvalue weighted by Crippen LogP contribution is 2.05. The third-order valence-corrected chi connectivity index (χ3v) is 1.91. The molecule has 0 aromatic carbocycles. The van der Waals surface area contributed by atoms with Crippen molar-refractivity contribution in [1.29, 1.82) is 0 Å².